The monoisotopic (exact) mass is 375 g/mol. The lowest BCUT2D eigenvalue weighted by atomic mass is 10.3. The zero-order valence-electron chi connectivity index (χ0n) is 11.8. The molecule has 0 aliphatic heterocycles. The van der Waals surface area contributed by atoms with Gasteiger partial charge in [-0.1, -0.05) is 0 Å². The molecule has 0 atom stereocenters. The van der Waals surface area contributed by atoms with Crippen LogP contribution in [-0.2, 0) is 17.8 Å². The molecule has 0 saturated carbocycles. The number of aryl methyl sites for hydroxylation is 1. The first kappa shape index (κ1) is 16.2. The second kappa shape index (κ2) is 6.75. The summed E-state index contributed by atoms with van der Waals surface area (Å²) in [5.74, 6) is 0.576. The van der Waals surface area contributed by atoms with Crippen LogP contribution in [0.3, 0.4) is 0 Å². The fourth-order valence-corrected chi connectivity index (χ4v) is 2.63. The van der Waals surface area contributed by atoms with Gasteiger partial charge in [0.15, 0.2) is 0 Å². The van der Waals surface area contributed by atoms with Gasteiger partial charge in [0.05, 0.1) is 15.5 Å². The third kappa shape index (κ3) is 3.74. The van der Waals surface area contributed by atoms with Gasteiger partial charge in [0.1, 0.15) is 18.2 Å². The third-order valence-corrected chi connectivity index (χ3v) is 3.74. The topological polar surface area (TPSA) is 46.9 Å². The summed E-state index contributed by atoms with van der Waals surface area (Å²) in [7, 11) is 0. The van der Waals surface area contributed by atoms with E-state index in [4.69, 9.17) is 11.6 Å². The van der Waals surface area contributed by atoms with E-state index in [0.717, 1.165) is 0 Å². The van der Waals surface area contributed by atoms with Crippen molar-refractivity contribution in [1.82, 2.24) is 14.9 Å². The van der Waals surface area contributed by atoms with Crippen LogP contribution in [0.1, 0.15) is 19.7 Å². The van der Waals surface area contributed by atoms with Crippen molar-refractivity contribution in [2.24, 2.45) is 0 Å². The lowest BCUT2D eigenvalue weighted by Gasteiger charge is -2.11. The zero-order valence-corrected chi connectivity index (χ0v) is 14.1. The number of fused-ring (bicyclic) bond motifs is 1. The molecule has 1 aromatic carbocycles. The molecule has 0 saturated heterocycles. The highest BCUT2D eigenvalue weighted by Crippen LogP contribution is 2.24. The van der Waals surface area contributed by atoms with Gasteiger partial charge < -0.3 is 9.88 Å². The molecule has 1 N–H and O–H groups in total. The van der Waals surface area contributed by atoms with E-state index >= 15 is 0 Å². The van der Waals surface area contributed by atoms with E-state index in [1.807, 2.05) is 13.8 Å². The van der Waals surface area contributed by atoms with Crippen LogP contribution in [0.5, 0.6) is 0 Å². The molecule has 7 heteroatoms. The maximum absolute atomic E-state index is 13.6. The van der Waals surface area contributed by atoms with Crippen molar-refractivity contribution in [3.8, 4) is 0 Å². The van der Waals surface area contributed by atoms with Crippen molar-refractivity contribution in [1.29, 1.82) is 0 Å². The summed E-state index contributed by atoms with van der Waals surface area (Å²) in [5, 5.41) is 2.83. The van der Waals surface area contributed by atoms with Crippen LogP contribution in [0.4, 0.5) is 4.39 Å². The number of nitrogens with zero attached hydrogens (tertiary/aromatic N) is 2. The second-order valence-electron chi connectivity index (χ2n) is 5.03. The largest absolute Gasteiger partial charge is 0.352 e. The standard InChI is InChI=1S/C14H16BrClFN3O/c1-8(2)18-14(21)7-20-12-5-9(15)10(17)6-11(12)19-13(20)3-4-16/h5-6,8H,3-4,7H2,1-2H3,(H,18,21). The maximum Gasteiger partial charge on any atom is 0.240 e. The summed E-state index contributed by atoms with van der Waals surface area (Å²) in [6.45, 7) is 3.93. The van der Waals surface area contributed by atoms with Gasteiger partial charge in [-0.3, -0.25) is 4.79 Å². The first-order valence-electron chi connectivity index (χ1n) is 6.62. The van der Waals surface area contributed by atoms with Crippen molar-refractivity contribution in [3.05, 3.63) is 28.2 Å². The van der Waals surface area contributed by atoms with Crippen molar-refractivity contribution in [3.63, 3.8) is 0 Å². The molecule has 114 valence electrons. The van der Waals surface area contributed by atoms with Gasteiger partial charge in [-0.2, -0.15) is 0 Å². The zero-order chi connectivity index (χ0) is 15.6. The maximum atomic E-state index is 13.6. The fraction of sp³-hybridized carbons (Fsp3) is 0.429. The Hall–Kier alpha value is -1.14. The van der Waals surface area contributed by atoms with Crippen molar-refractivity contribution >= 4 is 44.5 Å². The first-order valence-corrected chi connectivity index (χ1v) is 7.94. The highest BCUT2D eigenvalue weighted by atomic mass is 79.9. The minimum atomic E-state index is -0.379. The molecule has 0 radical (unpaired) electrons. The first-order chi connectivity index (χ1) is 9.92. The van der Waals surface area contributed by atoms with Crippen LogP contribution in [0.2, 0.25) is 0 Å². The third-order valence-electron chi connectivity index (χ3n) is 2.94. The van der Waals surface area contributed by atoms with E-state index in [0.29, 0.717) is 33.6 Å². The molecule has 0 aliphatic carbocycles. The molecular weight excluding hydrogens is 361 g/mol. The Bertz CT molecular complexity index is 672. The molecular formula is C14H16BrClFN3O. The summed E-state index contributed by atoms with van der Waals surface area (Å²) < 4.78 is 15.7. The molecule has 0 aliphatic rings. The molecule has 1 heterocycles. The van der Waals surface area contributed by atoms with E-state index in [2.05, 4.69) is 26.2 Å². The summed E-state index contributed by atoms with van der Waals surface area (Å²) in [6.07, 6.45) is 0.518. The lowest BCUT2D eigenvalue weighted by Crippen LogP contribution is -2.33. The van der Waals surface area contributed by atoms with Crippen LogP contribution in [0, 0.1) is 5.82 Å². The Balaban J connectivity index is 2.45. The minimum absolute atomic E-state index is 0.0629. The normalized spacial score (nSPS) is 11.3. The highest BCUT2D eigenvalue weighted by Gasteiger charge is 2.16. The van der Waals surface area contributed by atoms with E-state index < -0.39 is 0 Å². The Morgan fingerprint density at radius 1 is 1.52 bits per heavy atom. The van der Waals surface area contributed by atoms with Gasteiger partial charge in [0.2, 0.25) is 5.91 Å². The Labute approximate surface area is 135 Å². The number of alkyl halides is 1. The van der Waals surface area contributed by atoms with Gasteiger partial charge in [0, 0.05) is 24.4 Å². The van der Waals surface area contributed by atoms with Gasteiger partial charge in [-0.15, -0.1) is 11.6 Å². The van der Waals surface area contributed by atoms with Crippen LogP contribution in [0.25, 0.3) is 11.0 Å². The highest BCUT2D eigenvalue weighted by molar-refractivity contribution is 9.10. The number of carbonyl (C=O) groups is 1. The van der Waals surface area contributed by atoms with Gasteiger partial charge in [0.25, 0.3) is 0 Å². The number of aromatic nitrogens is 2. The predicted molar refractivity (Wildman–Crippen MR) is 85.1 cm³/mol. The molecule has 21 heavy (non-hydrogen) atoms. The molecule has 0 spiro atoms. The summed E-state index contributed by atoms with van der Waals surface area (Å²) >= 11 is 8.94. The van der Waals surface area contributed by atoms with Crippen LogP contribution < -0.4 is 5.32 Å². The van der Waals surface area contributed by atoms with Crippen LogP contribution in [0.15, 0.2) is 16.6 Å². The second-order valence-corrected chi connectivity index (χ2v) is 6.26. The Kier molecular flexibility index (Phi) is 5.22. The number of hydrogen-bond acceptors (Lipinski definition) is 2. The van der Waals surface area contributed by atoms with E-state index in [-0.39, 0.29) is 24.3 Å². The molecule has 0 fully saturated rings. The van der Waals surface area contributed by atoms with Crippen molar-refractivity contribution < 1.29 is 9.18 Å². The number of amides is 1. The Morgan fingerprint density at radius 2 is 2.24 bits per heavy atom. The lowest BCUT2D eigenvalue weighted by molar-refractivity contribution is -0.122. The molecule has 2 aromatic rings. The van der Waals surface area contributed by atoms with E-state index in [1.54, 1.807) is 10.6 Å². The van der Waals surface area contributed by atoms with E-state index in [1.165, 1.54) is 6.07 Å². The minimum Gasteiger partial charge on any atom is -0.352 e. The smallest absolute Gasteiger partial charge is 0.240 e. The number of halogens is 3. The van der Waals surface area contributed by atoms with Crippen molar-refractivity contribution in [2.75, 3.05) is 5.88 Å². The van der Waals surface area contributed by atoms with E-state index in [9.17, 15) is 9.18 Å². The summed E-state index contributed by atoms with van der Waals surface area (Å²) in [5.41, 5.74) is 1.23. The average molecular weight is 377 g/mol. The number of hydrogen-bond donors (Lipinski definition) is 1. The fourth-order valence-electron chi connectivity index (χ4n) is 2.13. The summed E-state index contributed by atoms with van der Waals surface area (Å²) in [4.78, 5) is 16.4. The van der Waals surface area contributed by atoms with Gasteiger partial charge in [-0.05, 0) is 35.8 Å². The number of imidazole rings is 1. The number of rotatable bonds is 5. The van der Waals surface area contributed by atoms with Gasteiger partial charge >= 0.3 is 0 Å². The van der Waals surface area contributed by atoms with Crippen LogP contribution in [-0.4, -0.2) is 27.4 Å². The number of benzene rings is 1. The molecule has 4 nitrogen and oxygen atoms in total. The summed E-state index contributed by atoms with van der Waals surface area (Å²) in [6, 6.07) is 3.06. The average Bonchev–Trinajstić information content (AvgIpc) is 2.68. The SMILES string of the molecule is CC(C)NC(=O)Cn1c(CCCl)nc2cc(F)c(Br)cc21. The molecule has 0 unspecified atom stereocenters. The molecule has 1 aromatic heterocycles. The van der Waals surface area contributed by atoms with Crippen molar-refractivity contribution in [2.45, 2.75) is 32.9 Å². The molecule has 1 amide bonds. The Morgan fingerprint density at radius 3 is 2.86 bits per heavy atom. The quantitative estimate of drug-likeness (QED) is 0.814. The molecule has 0 bridgehead atoms. The van der Waals surface area contributed by atoms with Crippen LogP contribution >= 0.6 is 27.5 Å². The number of carbonyl (C=O) groups excluding carboxylic acids is 1. The predicted octanol–water partition coefficient (Wildman–Crippen LogP) is 3.24. The molecule has 2 rings (SSSR count). The van der Waals surface area contributed by atoms with Gasteiger partial charge in [-0.25, -0.2) is 9.37 Å². The number of nitrogens with one attached hydrogen (secondary N) is 1.